The van der Waals surface area contributed by atoms with Crippen molar-refractivity contribution in [1.29, 1.82) is 0 Å². The molecule has 2 rings (SSSR count). The number of nitrogens with zero attached hydrogens (tertiary/aromatic N) is 2. The van der Waals surface area contributed by atoms with E-state index in [2.05, 4.69) is 20.9 Å². The molecule has 1 aliphatic heterocycles. The average molecular weight is 309 g/mol. The number of halogens is 1. The summed E-state index contributed by atoms with van der Waals surface area (Å²) in [5.41, 5.74) is 0.952. The first-order valence-electron chi connectivity index (χ1n) is 5.56. The molecule has 18 heavy (non-hydrogen) atoms. The van der Waals surface area contributed by atoms with Crippen LogP contribution in [-0.4, -0.2) is 33.6 Å². The fourth-order valence-corrected chi connectivity index (χ4v) is 2.12. The Morgan fingerprint density at radius 1 is 1.44 bits per heavy atom. The number of hydrogen-bond donors (Lipinski definition) is 1. The Kier molecular flexibility index (Phi) is 3.81. The van der Waals surface area contributed by atoms with Crippen LogP contribution in [-0.2, 0) is 4.79 Å². The largest absolute Gasteiger partial charge is 0.507 e. The number of carbonyl (C=O) groups excluding carboxylic acids is 1. The van der Waals surface area contributed by atoms with Crippen LogP contribution in [0.5, 0.6) is 5.75 Å². The van der Waals surface area contributed by atoms with Crippen molar-refractivity contribution in [2.24, 2.45) is 4.99 Å². The fourth-order valence-electron chi connectivity index (χ4n) is 1.77. The molecular formula is C13H13BrN2O2. The molecular weight excluding hydrogens is 296 g/mol. The number of aromatic hydroxyl groups is 1. The summed E-state index contributed by atoms with van der Waals surface area (Å²) < 4.78 is 0. The number of alkyl halides is 1. The third kappa shape index (κ3) is 2.46. The fraction of sp³-hybridized carbons (Fsp3) is 0.231. The molecule has 5 heteroatoms. The highest BCUT2D eigenvalue weighted by Gasteiger charge is 2.26. The van der Waals surface area contributed by atoms with E-state index in [1.54, 1.807) is 42.2 Å². The van der Waals surface area contributed by atoms with Gasteiger partial charge in [-0.1, -0.05) is 34.1 Å². The van der Waals surface area contributed by atoms with Crippen molar-refractivity contribution in [2.75, 3.05) is 11.9 Å². The Morgan fingerprint density at radius 3 is 2.83 bits per heavy atom. The van der Waals surface area contributed by atoms with Gasteiger partial charge in [0.2, 0.25) is 0 Å². The summed E-state index contributed by atoms with van der Waals surface area (Å²) in [5.74, 6) is 0.695. The van der Waals surface area contributed by atoms with Crippen molar-refractivity contribution >= 4 is 33.7 Å². The van der Waals surface area contributed by atoms with E-state index in [0.717, 1.165) is 0 Å². The third-order valence-electron chi connectivity index (χ3n) is 2.67. The predicted molar refractivity (Wildman–Crippen MR) is 74.7 cm³/mol. The summed E-state index contributed by atoms with van der Waals surface area (Å²) >= 11 is 3.30. The normalized spacial score (nSPS) is 17.4. The second-order valence-corrected chi connectivity index (χ2v) is 4.69. The Bertz CT molecular complexity index is 538. The summed E-state index contributed by atoms with van der Waals surface area (Å²) in [6.45, 7) is 2.39. The molecule has 1 aromatic carbocycles. The van der Waals surface area contributed by atoms with Crippen molar-refractivity contribution in [2.45, 2.75) is 6.92 Å². The molecule has 1 aromatic rings. The molecule has 0 unspecified atom stereocenters. The highest BCUT2D eigenvalue weighted by molar-refractivity contribution is 9.09. The van der Waals surface area contributed by atoms with Gasteiger partial charge in [0, 0.05) is 17.4 Å². The highest BCUT2D eigenvalue weighted by Crippen LogP contribution is 2.23. The van der Waals surface area contributed by atoms with Crippen molar-refractivity contribution in [3.63, 3.8) is 0 Å². The Morgan fingerprint density at radius 2 is 2.17 bits per heavy atom. The van der Waals surface area contributed by atoms with Crippen LogP contribution in [0.2, 0.25) is 0 Å². The molecule has 0 fully saturated rings. The third-order valence-corrected chi connectivity index (χ3v) is 3.03. The van der Waals surface area contributed by atoms with E-state index in [0.29, 0.717) is 29.0 Å². The van der Waals surface area contributed by atoms with Gasteiger partial charge >= 0.3 is 0 Å². The number of phenols is 1. The van der Waals surface area contributed by atoms with Gasteiger partial charge in [0.15, 0.2) is 0 Å². The highest BCUT2D eigenvalue weighted by atomic mass is 79.9. The minimum Gasteiger partial charge on any atom is -0.507 e. The molecule has 4 nitrogen and oxygen atoms in total. The maximum atomic E-state index is 12.1. The van der Waals surface area contributed by atoms with E-state index in [9.17, 15) is 9.90 Å². The van der Waals surface area contributed by atoms with E-state index >= 15 is 0 Å². The number of benzene rings is 1. The summed E-state index contributed by atoms with van der Waals surface area (Å²) in [5, 5.41) is 10.4. The maximum absolute atomic E-state index is 12.1. The lowest BCUT2D eigenvalue weighted by atomic mass is 10.1. The molecule has 0 radical (unpaired) electrons. The molecule has 1 heterocycles. The monoisotopic (exact) mass is 308 g/mol. The first-order valence-corrected chi connectivity index (χ1v) is 6.68. The number of phenolic OH excluding ortho intramolecular Hbond substituents is 1. The molecule has 0 saturated carbocycles. The molecule has 0 aromatic heterocycles. The van der Waals surface area contributed by atoms with E-state index in [1.807, 2.05) is 0 Å². The van der Waals surface area contributed by atoms with Crippen molar-refractivity contribution in [3.8, 4) is 5.75 Å². The summed E-state index contributed by atoms with van der Waals surface area (Å²) in [6.07, 6.45) is 1.61. The molecule has 94 valence electrons. The number of rotatable bonds is 3. The second kappa shape index (κ2) is 5.35. The van der Waals surface area contributed by atoms with Gasteiger partial charge in [-0.25, -0.2) is 4.99 Å². The number of amidine groups is 1. The van der Waals surface area contributed by atoms with Crippen LogP contribution in [0.4, 0.5) is 0 Å². The lowest BCUT2D eigenvalue weighted by molar-refractivity contribution is -0.122. The maximum Gasteiger partial charge on any atom is 0.277 e. The minimum atomic E-state index is -0.129. The molecule has 0 bridgehead atoms. The van der Waals surface area contributed by atoms with Crippen LogP contribution in [0.25, 0.3) is 6.08 Å². The van der Waals surface area contributed by atoms with E-state index in [4.69, 9.17) is 0 Å². The van der Waals surface area contributed by atoms with E-state index in [1.165, 1.54) is 0 Å². The van der Waals surface area contributed by atoms with Crippen LogP contribution >= 0.6 is 15.9 Å². The van der Waals surface area contributed by atoms with Gasteiger partial charge in [-0.2, -0.15) is 0 Å². The van der Waals surface area contributed by atoms with Gasteiger partial charge in [0.05, 0.1) is 0 Å². The second-order valence-electron chi connectivity index (χ2n) is 3.89. The van der Waals surface area contributed by atoms with Gasteiger partial charge in [-0.05, 0) is 19.1 Å². The number of amides is 1. The topological polar surface area (TPSA) is 52.9 Å². The zero-order valence-electron chi connectivity index (χ0n) is 9.93. The van der Waals surface area contributed by atoms with Crippen LogP contribution < -0.4 is 0 Å². The molecule has 0 atom stereocenters. The zero-order chi connectivity index (χ0) is 13.1. The lowest BCUT2D eigenvalue weighted by Gasteiger charge is -2.13. The molecule has 1 aliphatic rings. The van der Waals surface area contributed by atoms with Gasteiger partial charge in [-0.3, -0.25) is 9.69 Å². The lowest BCUT2D eigenvalue weighted by Crippen LogP contribution is -2.32. The van der Waals surface area contributed by atoms with Crippen LogP contribution in [0.3, 0.4) is 0 Å². The zero-order valence-corrected chi connectivity index (χ0v) is 11.5. The minimum absolute atomic E-state index is 0.129. The number of aliphatic imine (C=N–C) groups is 1. The number of para-hydroxylation sites is 1. The molecule has 1 amide bonds. The van der Waals surface area contributed by atoms with Gasteiger partial charge in [0.25, 0.3) is 5.91 Å². The first kappa shape index (κ1) is 12.8. The van der Waals surface area contributed by atoms with Crippen LogP contribution in [0.15, 0.2) is 35.0 Å². The number of hydrogen-bond acceptors (Lipinski definition) is 3. The summed E-state index contributed by atoms with van der Waals surface area (Å²) in [6, 6.07) is 6.87. The van der Waals surface area contributed by atoms with Gasteiger partial charge in [-0.15, -0.1) is 0 Å². The van der Waals surface area contributed by atoms with Crippen LogP contribution in [0, 0.1) is 0 Å². The van der Waals surface area contributed by atoms with Crippen molar-refractivity contribution < 1.29 is 9.90 Å². The SMILES string of the molecule is CC1=N/C(=C\c2ccccc2O)C(=O)N1CCBr. The predicted octanol–water partition coefficient (Wildman–Crippen LogP) is 2.39. The first-order chi connectivity index (χ1) is 8.63. The molecule has 0 saturated heterocycles. The van der Waals surface area contributed by atoms with Crippen LogP contribution in [0.1, 0.15) is 12.5 Å². The quantitative estimate of drug-likeness (QED) is 0.688. The van der Waals surface area contributed by atoms with Crippen molar-refractivity contribution in [1.82, 2.24) is 4.90 Å². The summed E-state index contributed by atoms with van der Waals surface area (Å²) in [4.78, 5) is 17.9. The van der Waals surface area contributed by atoms with Crippen molar-refractivity contribution in [3.05, 3.63) is 35.5 Å². The standard InChI is InChI=1S/C13H13BrN2O2/c1-9-15-11(13(18)16(9)7-6-14)8-10-4-2-3-5-12(10)17/h2-5,8,17H,6-7H2,1H3/b11-8-. The Balaban J connectivity index is 2.31. The van der Waals surface area contributed by atoms with Gasteiger partial charge < -0.3 is 5.11 Å². The molecule has 0 aliphatic carbocycles. The Hall–Kier alpha value is -1.62. The molecule has 1 N–H and O–H groups in total. The average Bonchev–Trinajstić information content (AvgIpc) is 2.60. The van der Waals surface area contributed by atoms with Gasteiger partial charge in [0.1, 0.15) is 17.3 Å². The number of carbonyl (C=O) groups is 1. The Labute approximate surface area is 114 Å². The smallest absolute Gasteiger partial charge is 0.277 e. The summed E-state index contributed by atoms with van der Waals surface area (Å²) in [7, 11) is 0. The van der Waals surface area contributed by atoms with E-state index < -0.39 is 0 Å². The van der Waals surface area contributed by atoms with E-state index in [-0.39, 0.29) is 11.7 Å². The molecule has 0 spiro atoms.